The van der Waals surface area contributed by atoms with Crippen LogP contribution in [0.4, 0.5) is 5.82 Å². The molecule has 1 amide bonds. The number of hydrogen-bond donors (Lipinski definition) is 1. The molecule has 4 rings (SSSR count). The van der Waals surface area contributed by atoms with Gasteiger partial charge in [0.2, 0.25) is 0 Å². The van der Waals surface area contributed by atoms with E-state index in [1.165, 1.54) is 35.4 Å². The first-order valence-electron chi connectivity index (χ1n) is 11.7. The first-order chi connectivity index (χ1) is 16.1. The van der Waals surface area contributed by atoms with E-state index in [1.807, 2.05) is 6.07 Å². The van der Waals surface area contributed by atoms with Crippen LogP contribution in [0.15, 0.2) is 34.1 Å². The summed E-state index contributed by atoms with van der Waals surface area (Å²) in [6, 6.07) is 5.43. The van der Waals surface area contributed by atoms with Crippen LogP contribution in [-0.2, 0) is 9.53 Å². The third kappa shape index (κ3) is 5.65. The number of ether oxygens (including phenoxy) is 1. The van der Waals surface area contributed by atoms with E-state index in [-0.39, 0.29) is 17.6 Å². The molecule has 0 aromatic carbocycles. The lowest BCUT2D eigenvalue weighted by Gasteiger charge is -2.15. The van der Waals surface area contributed by atoms with Gasteiger partial charge in [0.15, 0.2) is 0 Å². The van der Waals surface area contributed by atoms with Gasteiger partial charge in [0, 0.05) is 25.9 Å². The minimum atomic E-state index is -0.222. The van der Waals surface area contributed by atoms with E-state index >= 15 is 0 Å². The summed E-state index contributed by atoms with van der Waals surface area (Å²) in [7, 11) is 0. The van der Waals surface area contributed by atoms with Gasteiger partial charge in [-0.05, 0) is 37.5 Å². The van der Waals surface area contributed by atoms with Gasteiger partial charge in [-0.15, -0.1) is 0 Å². The van der Waals surface area contributed by atoms with E-state index in [1.54, 1.807) is 29.3 Å². The van der Waals surface area contributed by atoms with Crippen LogP contribution in [0.3, 0.4) is 0 Å². The number of thioether (sulfide) groups is 1. The third-order valence-electron chi connectivity index (χ3n) is 5.92. The van der Waals surface area contributed by atoms with E-state index in [4.69, 9.17) is 17.0 Å². The summed E-state index contributed by atoms with van der Waals surface area (Å²) in [5.74, 6) is 0.328. The van der Waals surface area contributed by atoms with Crippen LogP contribution < -0.4 is 10.9 Å². The number of nitrogens with one attached hydrogen (secondary N) is 1. The fourth-order valence-corrected chi connectivity index (χ4v) is 5.37. The van der Waals surface area contributed by atoms with Gasteiger partial charge in [-0.2, -0.15) is 0 Å². The van der Waals surface area contributed by atoms with E-state index in [0.717, 1.165) is 32.3 Å². The number of carbonyl (C=O) groups excluding carboxylic acids is 1. The lowest BCUT2D eigenvalue weighted by atomic mass is 10.1. The molecule has 0 radical (unpaired) electrons. The highest BCUT2D eigenvalue weighted by Gasteiger charge is 2.32. The predicted molar refractivity (Wildman–Crippen MR) is 138 cm³/mol. The Morgan fingerprint density at radius 3 is 2.91 bits per heavy atom. The maximum atomic E-state index is 13.3. The Bertz CT molecular complexity index is 1110. The van der Waals surface area contributed by atoms with Crippen molar-refractivity contribution in [3.63, 3.8) is 0 Å². The predicted octanol–water partition coefficient (Wildman–Crippen LogP) is 4.46. The largest absolute Gasteiger partial charge is 0.376 e. The van der Waals surface area contributed by atoms with E-state index in [2.05, 4.69) is 17.2 Å². The van der Waals surface area contributed by atoms with Crippen molar-refractivity contribution in [2.75, 3.05) is 25.0 Å². The number of amides is 1. The maximum Gasteiger partial charge on any atom is 0.267 e. The van der Waals surface area contributed by atoms with E-state index in [0.29, 0.717) is 39.3 Å². The first kappa shape index (κ1) is 23.9. The van der Waals surface area contributed by atoms with E-state index < -0.39 is 0 Å². The second-order valence-corrected chi connectivity index (χ2v) is 10.0. The van der Waals surface area contributed by atoms with Crippen LogP contribution in [0, 0.1) is 0 Å². The summed E-state index contributed by atoms with van der Waals surface area (Å²) < 4.78 is 7.75. The highest BCUT2D eigenvalue weighted by atomic mass is 32.2. The summed E-state index contributed by atoms with van der Waals surface area (Å²) >= 11 is 6.73. The molecule has 0 unspecified atom stereocenters. The van der Waals surface area contributed by atoms with Gasteiger partial charge in [0.05, 0.1) is 16.6 Å². The Labute approximate surface area is 203 Å². The molecule has 2 aliphatic rings. The zero-order valence-electron chi connectivity index (χ0n) is 18.9. The average Bonchev–Trinajstić information content (AvgIpc) is 3.43. The highest BCUT2D eigenvalue weighted by molar-refractivity contribution is 8.26. The molecule has 2 fully saturated rings. The molecule has 4 heterocycles. The lowest BCUT2D eigenvalue weighted by Crippen LogP contribution is -2.29. The fraction of sp³-hybridized carbons (Fsp3) is 0.500. The van der Waals surface area contributed by atoms with Crippen molar-refractivity contribution in [2.45, 2.75) is 58.0 Å². The molecular weight excluding hydrogens is 456 g/mol. The summed E-state index contributed by atoms with van der Waals surface area (Å²) in [5, 5.41) is 3.29. The average molecular weight is 487 g/mol. The maximum absolute atomic E-state index is 13.3. The normalized spacial score (nSPS) is 19.8. The van der Waals surface area contributed by atoms with Crippen LogP contribution >= 0.6 is 24.0 Å². The molecule has 9 heteroatoms. The van der Waals surface area contributed by atoms with Crippen LogP contribution in [0.25, 0.3) is 11.7 Å². The van der Waals surface area contributed by atoms with Crippen LogP contribution in [0.5, 0.6) is 0 Å². The topological polar surface area (TPSA) is 75.9 Å². The van der Waals surface area contributed by atoms with Gasteiger partial charge in [-0.25, -0.2) is 4.98 Å². The molecule has 1 N–H and O–H groups in total. The van der Waals surface area contributed by atoms with Crippen molar-refractivity contribution in [3.05, 3.63) is 45.2 Å². The Hall–Kier alpha value is -2.23. The Kier molecular flexibility index (Phi) is 8.16. The molecule has 7 nitrogen and oxygen atoms in total. The van der Waals surface area contributed by atoms with Gasteiger partial charge < -0.3 is 10.1 Å². The number of rotatable bonds is 10. The molecule has 2 saturated heterocycles. The molecule has 1 atom stereocenters. The Morgan fingerprint density at radius 1 is 1.27 bits per heavy atom. The van der Waals surface area contributed by atoms with Crippen molar-refractivity contribution in [1.29, 1.82) is 0 Å². The number of anilines is 1. The number of carbonyl (C=O) groups is 1. The molecule has 2 aromatic rings. The van der Waals surface area contributed by atoms with Crippen LogP contribution in [-0.4, -0.2) is 50.3 Å². The second-order valence-electron chi connectivity index (χ2n) is 8.37. The zero-order chi connectivity index (χ0) is 23.2. The lowest BCUT2D eigenvalue weighted by molar-refractivity contribution is -0.122. The van der Waals surface area contributed by atoms with Gasteiger partial charge in [0.1, 0.15) is 15.8 Å². The fourth-order valence-electron chi connectivity index (χ4n) is 4.08. The minimum absolute atomic E-state index is 0.0970. The summed E-state index contributed by atoms with van der Waals surface area (Å²) in [6.07, 6.45) is 11.0. The molecule has 0 spiro atoms. The summed E-state index contributed by atoms with van der Waals surface area (Å²) in [5.41, 5.74) is 0.689. The summed E-state index contributed by atoms with van der Waals surface area (Å²) in [6.45, 7) is 4.12. The first-order valence-corrected chi connectivity index (χ1v) is 12.9. The van der Waals surface area contributed by atoms with Crippen molar-refractivity contribution < 1.29 is 9.53 Å². The van der Waals surface area contributed by atoms with Crippen LogP contribution in [0.2, 0.25) is 0 Å². The number of unbranched alkanes of at least 4 members (excludes halogenated alkanes) is 4. The number of aromatic nitrogens is 2. The van der Waals surface area contributed by atoms with Crippen LogP contribution in [0.1, 0.15) is 57.4 Å². The molecule has 0 aliphatic carbocycles. The molecule has 0 saturated carbocycles. The Balaban J connectivity index is 1.58. The minimum Gasteiger partial charge on any atom is -0.376 e. The van der Waals surface area contributed by atoms with Gasteiger partial charge in [-0.1, -0.05) is 62.7 Å². The highest BCUT2D eigenvalue weighted by Crippen LogP contribution is 2.33. The SMILES string of the molecule is CCCCCCCN1C(=O)/C(=C\c2c(NC[C@H]3CCCO3)nc3ccccn3c2=O)SC1=S. The third-order valence-corrected chi connectivity index (χ3v) is 7.30. The van der Waals surface area contributed by atoms with Crippen molar-refractivity contribution in [1.82, 2.24) is 14.3 Å². The molecule has 0 bridgehead atoms. The molecule has 2 aromatic heterocycles. The number of thiocarbonyl (C=S) groups is 1. The van der Waals surface area contributed by atoms with E-state index in [9.17, 15) is 9.59 Å². The second kappa shape index (κ2) is 11.3. The quantitative estimate of drug-likeness (QED) is 0.302. The van der Waals surface area contributed by atoms with Crippen molar-refractivity contribution >= 4 is 51.7 Å². The standard InChI is InChI=1S/C24H30N4O3S2/c1-2-3-4-5-7-13-28-23(30)19(33-24(28)32)15-18-21(25-16-17-10-9-14-31-17)26-20-11-6-8-12-27(20)22(18)29/h6,8,11-12,15,17,25H,2-5,7,9-10,13-14,16H2,1H3/b19-15+/t17-/m1/s1. The number of fused-ring (bicyclic) bond motifs is 1. The smallest absolute Gasteiger partial charge is 0.267 e. The molecular formula is C24H30N4O3S2. The van der Waals surface area contributed by atoms with Crippen molar-refractivity contribution in [3.8, 4) is 0 Å². The van der Waals surface area contributed by atoms with Crippen molar-refractivity contribution in [2.24, 2.45) is 0 Å². The zero-order valence-corrected chi connectivity index (χ0v) is 20.6. The number of hydrogen-bond acceptors (Lipinski definition) is 7. The summed E-state index contributed by atoms with van der Waals surface area (Å²) in [4.78, 5) is 33.2. The van der Waals surface area contributed by atoms with Gasteiger partial charge in [0.25, 0.3) is 11.5 Å². The number of nitrogens with zero attached hydrogens (tertiary/aromatic N) is 3. The van der Waals surface area contributed by atoms with Gasteiger partial charge >= 0.3 is 0 Å². The molecule has 33 heavy (non-hydrogen) atoms. The van der Waals surface area contributed by atoms with Gasteiger partial charge in [-0.3, -0.25) is 18.9 Å². The molecule has 2 aliphatic heterocycles. The monoisotopic (exact) mass is 486 g/mol. The molecule has 176 valence electrons. The number of pyridine rings is 1. The Morgan fingerprint density at radius 2 is 2.12 bits per heavy atom.